The van der Waals surface area contributed by atoms with Gasteiger partial charge in [-0.1, -0.05) is 30.7 Å². The lowest BCUT2D eigenvalue weighted by molar-refractivity contribution is -0.117. The molecule has 166 valence electrons. The molecule has 0 bridgehead atoms. The van der Waals surface area contributed by atoms with Gasteiger partial charge >= 0.3 is 0 Å². The van der Waals surface area contributed by atoms with E-state index in [2.05, 4.69) is 72.3 Å². The third-order valence-corrected chi connectivity index (χ3v) is 7.10. The van der Waals surface area contributed by atoms with Gasteiger partial charge in [-0.25, -0.2) is 9.56 Å². The molecule has 4 nitrogen and oxygen atoms in total. The van der Waals surface area contributed by atoms with Crippen molar-refractivity contribution in [1.82, 2.24) is 9.56 Å². The van der Waals surface area contributed by atoms with E-state index >= 15 is 0 Å². The Kier molecular flexibility index (Phi) is 7.15. The molecule has 1 N–H and O–H groups in total. The maximum absolute atomic E-state index is 11.1. The molecule has 0 aromatic heterocycles. The van der Waals surface area contributed by atoms with Crippen LogP contribution in [0.3, 0.4) is 0 Å². The number of hydrogen-bond acceptors (Lipinski definition) is 4. The van der Waals surface area contributed by atoms with E-state index in [9.17, 15) is 4.79 Å². The Morgan fingerprint density at radius 3 is 2.53 bits per heavy atom. The van der Waals surface area contributed by atoms with Gasteiger partial charge in [-0.3, -0.25) is 0 Å². The summed E-state index contributed by atoms with van der Waals surface area (Å²) in [6, 6.07) is 17.4. The number of benzene rings is 3. The Labute approximate surface area is 194 Å². The standard InChI is InChI=1S/C27H31N3OS/c1-4-30(5-2)20-14-15-23-25(17-20)32-26-18-24(28-16-10-6-7-11-19(3)31)21-12-8-9-13-22(21)27(26)29-23/h8-9,12-15,17-18H,4-7,10-11,16H2,1-3H3/p+1. The Morgan fingerprint density at radius 2 is 1.78 bits per heavy atom. The third-order valence-electron chi connectivity index (χ3n) is 6.03. The van der Waals surface area contributed by atoms with Gasteiger partial charge in [0.05, 0.1) is 20.8 Å². The van der Waals surface area contributed by atoms with Gasteiger partial charge in [0.15, 0.2) is 0 Å². The maximum atomic E-state index is 11.1. The molecule has 32 heavy (non-hydrogen) atoms. The molecule has 1 aliphatic heterocycles. The molecular formula is C27H32N3OS+. The number of nitrogens with zero attached hydrogens (tertiary/aromatic N) is 2. The number of ketones is 1. The lowest BCUT2D eigenvalue weighted by Crippen LogP contribution is -2.29. The van der Waals surface area contributed by atoms with Crippen molar-refractivity contribution in [2.75, 3.05) is 25.0 Å². The first-order chi connectivity index (χ1) is 15.6. The van der Waals surface area contributed by atoms with Crippen LogP contribution in [-0.4, -0.2) is 30.4 Å². The molecule has 0 unspecified atom stereocenters. The van der Waals surface area contributed by atoms with Gasteiger partial charge in [0.1, 0.15) is 18.9 Å². The summed E-state index contributed by atoms with van der Waals surface area (Å²) in [5, 5.41) is 7.30. The lowest BCUT2D eigenvalue weighted by Gasteiger charge is -2.14. The van der Waals surface area contributed by atoms with Crippen LogP contribution in [0.4, 0.5) is 5.69 Å². The van der Waals surface area contributed by atoms with Crippen LogP contribution >= 0.6 is 11.3 Å². The number of carbonyl (C=O) groups excluding carboxylic acids is 1. The SMILES string of the molecule is CC[N+](CC)=c1ccc2nc3c(cc(NCCCCCC(C)=O)c4ccccc43)sc-2c1. The number of nitrogens with one attached hydrogen (secondary N) is 1. The van der Waals surface area contributed by atoms with Crippen molar-refractivity contribution < 1.29 is 4.79 Å². The van der Waals surface area contributed by atoms with Gasteiger partial charge in [-0.15, -0.1) is 11.3 Å². The van der Waals surface area contributed by atoms with Gasteiger partial charge in [0.25, 0.3) is 0 Å². The van der Waals surface area contributed by atoms with E-state index in [-0.39, 0.29) is 5.78 Å². The summed E-state index contributed by atoms with van der Waals surface area (Å²) in [7, 11) is 0. The van der Waals surface area contributed by atoms with Gasteiger partial charge in [-0.2, -0.15) is 0 Å². The molecule has 0 saturated carbocycles. The fourth-order valence-electron chi connectivity index (χ4n) is 4.27. The summed E-state index contributed by atoms with van der Waals surface area (Å²) in [6.45, 7) is 8.96. The molecular weight excluding hydrogens is 414 g/mol. The summed E-state index contributed by atoms with van der Waals surface area (Å²) in [4.78, 5) is 17.4. The minimum atomic E-state index is 0.281. The maximum Gasteiger partial charge on any atom is 0.201 e. The minimum Gasteiger partial charge on any atom is -0.385 e. The summed E-state index contributed by atoms with van der Waals surface area (Å²) in [6.07, 6.45) is 3.80. The van der Waals surface area contributed by atoms with Gasteiger partial charge < -0.3 is 10.1 Å². The van der Waals surface area contributed by atoms with Crippen LogP contribution < -0.4 is 15.2 Å². The lowest BCUT2D eigenvalue weighted by atomic mass is 10.1. The summed E-state index contributed by atoms with van der Waals surface area (Å²) < 4.78 is 3.57. The Hall–Kier alpha value is -2.79. The zero-order valence-electron chi connectivity index (χ0n) is 19.3. The number of anilines is 1. The fourth-order valence-corrected chi connectivity index (χ4v) is 5.34. The highest BCUT2D eigenvalue weighted by atomic mass is 32.1. The topological polar surface area (TPSA) is 45.0 Å². The van der Waals surface area contributed by atoms with E-state index in [0.29, 0.717) is 6.42 Å². The molecule has 2 aromatic carbocycles. The summed E-state index contributed by atoms with van der Waals surface area (Å²) in [5.41, 5.74) is 3.28. The molecule has 0 spiro atoms. The van der Waals surface area contributed by atoms with E-state index in [1.54, 1.807) is 6.92 Å². The summed E-state index contributed by atoms with van der Waals surface area (Å²) >= 11 is 1.82. The molecule has 1 heterocycles. The molecule has 0 atom stereocenters. The third kappa shape index (κ3) is 4.83. The van der Waals surface area contributed by atoms with Crippen LogP contribution in [0.2, 0.25) is 0 Å². The highest BCUT2D eigenvalue weighted by Gasteiger charge is 2.14. The number of Topliss-reactive ketones (excluding diaryl/α,β-unsaturated/α-hetero) is 1. The van der Waals surface area contributed by atoms with E-state index in [1.165, 1.54) is 25.7 Å². The number of carbonyl (C=O) groups is 1. The van der Waals surface area contributed by atoms with Crippen molar-refractivity contribution in [3.63, 3.8) is 0 Å². The average Bonchev–Trinajstić information content (AvgIpc) is 2.80. The van der Waals surface area contributed by atoms with Crippen molar-refractivity contribution >= 4 is 43.8 Å². The monoisotopic (exact) mass is 446 g/mol. The molecule has 0 saturated heterocycles. The number of aromatic nitrogens is 1. The zero-order chi connectivity index (χ0) is 22.5. The van der Waals surface area contributed by atoms with Crippen LogP contribution in [0, 0.1) is 0 Å². The first kappa shape index (κ1) is 22.4. The molecule has 4 rings (SSSR count). The van der Waals surface area contributed by atoms with Crippen molar-refractivity contribution in [1.29, 1.82) is 0 Å². The van der Waals surface area contributed by atoms with E-state index in [1.807, 2.05) is 11.3 Å². The smallest absolute Gasteiger partial charge is 0.201 e. The molecule has 0 amide bonds. The normalized spacial score (nSPS) is 11.3. The second-order valence-electron chi connectivity index (χ2n) is 8.29. The van der Waals surface area contributed by atoms with Crippen molar-refractivity contribution in [2.45, 2.75) is 46.5 Å². The highest BCUT2D eigenvalue weighted by molar-refractivity contribution is 7.21. The van der Waals surface area contributed by atoms with Crippen LogP contribution in [0.25, 0.3) is 31.6 Å². The van der Waals surface area contributed by atoms with Crippen molar-refractivity contribution in [2.24, 2.45) is 0 Å². The fraction of sp³-hybridized carbons (Fsp3) is 0.370. The van der Waals surface area contributed by atoms with Crippen LogP contribution in [0.15, 0.2) is 48.5 Å². The predicted octanol–water partition coefficient (Wildman–Crippen LogP) is 5.93. The van der Waals surface area contributed by atoms with Gasteiger partial charge in [0, 0.05) is 41.6 Å². The minimum absolute atomic E-state index is 0.281. The van der Waals surface area contributed by atoms with Gasteiger partial charge in [-0.05, 0) is 45.7 Å². The predicted molar refractivity (Wildman–Crippen MR) is 138 cm³/mol. The molecule has 2 aliphatic rings. The second-order valence-corrected chi connectivity index (χ2v) is 9.38. The van der Waals surface area contributed by atoms with Crippen molar-refractivity contribution in [3.05, 3.63) is 53.9 Å². The van der Waals surface area contributed by atoms with Gasteiger partial charge in [0.2, 0.25) is 5.36 Å². The second kappa shape index (κ2) is 10.2. The van der Waals surface area contributed by atoms with Crippen LogP contribution in [0.1, 0.15) is 46.5 Å². The Bertz CT molecular complexity index is 1290. The van der Waals surface area contributed by atoms with Crippen molar-refractivity contribution in [3.8, 4) is 10.6 Å². The van der Waals surface area contributed by atoms with E-state index in [4.69, 9.17) is 4.98 Å². The Morgan fingerprint density at radius 1 is 1.00 bits per heavy atom. The molecule has 0 radical (unpaired) electrons. The largest absolute Gasteiger partial charge is 0.385 e. The number of hydrogen-bond donors (Lipinski definition) is 1. The van der Waals surface area contributed by atoms with Crippen LogP contribution in [-0.2, 0) is 4.79 Å². The quantitative estimate of drug-likeness (QED) is 0.150. The first-order valence-corrected chi connectivity index (χ1v) is 12.5. The number of rotatable bonds is 9. The first-order valence-electron chi connectivity index (χ1n) is 11.7. The number of unbranched alkanes of at least 4 members (excludes halogenated alkanes) is 2. The average molecular weight is 447 g/mol. The molecule has 2 aromatic rings. The summed E-state index contributed by atoms with van der Waals surface area (Å²) in [5.74, 6) is 0.281. The molecule has 0 fully saturated rings. The zero-order valence-corrected chi connectivity index (χ0v) is 20.1. The van der Waals surface area contributed by atoms with E-state index < -0.39 is 0 Å². The molecule has 5 heteroatoms. The molecule has 1 aliphatic carbocycles. The number of fused-ring (bicyclic) bond motifs is 4. The van der Waals surface area contributed by atoms with E-state index in [0.717, 1.165) is 55.8 Å². The van der Waals surface area contributed by atoms with Crippen LogP contribution in [0.5, 0.6) is 0 Å². The highest BCUT2D eigenvalue weighted by Crippen LogP contribution is 2.37. The Balaban J connectivity index is 1.72.